The number of fused-ring (bicyclic) bond motifs is 1. The van der Waals surface area contributed by atoms with Crippen molar-refractivity contribution in [3.05, 3.63) is 48.3 Å². The minimum Gasteiger partial charge on any atom is -0.306 e. The molecule has 1 aromatic carbocycles. The Bertz CT molecular complexity index is 784. The first kappa shape index (κ1) is 13.1. The molecule has 21 heavy (non-hydrogen) atoms. The summed E-state index contributed by atoms with van der Waals surface area (Å²) < 4.78 is 1.70. The smallest absolute Gasteiger partial charge is 0.306 e. The summed E-state index contributed by atoms with van der Waals surface area (Å²) in [6.07, 6.45) is 1.70. The maximum atomic E-state index is 12.0. The van der Waals surface area contributed by atoms with E-state index in [0.717, 1.165) is 16.6 Å². The van der Waals surface area contributed by atoms with Crippen LogP contribution in [0.15, 0.2) is 42.6 Å². The number of urea groups is 1. The maximum absolute atomic E-state index is 12.0. The normalized spacial score (nSPS) is 10.6. The summed E-state index contributed by atoms with van der Waals surface area (Å²) in [5.74, 6) is 0.515. The molecule has 2 heterocycles. The lowest BCUT2D eigenvalue weighted by atomic mass is 10.2. The molecule has 0 bridgehead atoms. The van der Waals surface area contributed by atoms with Crippen LogP contribution in [0.4, 0.5) is 16.3 Å². The van der Waals surface area contributed by atoms with Crippen LogP contribution >= 0.6 is 0 Å². The number of nitrogens with zero attached hydrogens (tertiary/aromatic N) is 3. The molecule has 0 radical (unpaired) electrons. The SMILES string of the molecule is Cc1cc(NC(=O)Nc2cccc3cccnc23)nn1C. The van der Waals surface area contributed by atoms with Gasteiger partial charge in [-0.2, -0.15) is 5.10 Å². The third kappa shape index (κ3) is 2.69. The highest BCUT2D eigenvalue weighted by Crippen LogP contribution is 2.20. The summed E-state index contributed by atoms with van der Waals surface area (Å²) >= 11 is 0. The molecule has 0 fully saturated rings. The number of hydrogen-bond acceptors (Lipinski definition) is 3. The number of benzene rings is 1. The zero-order valence-corrected chi connectivity index (χ0v) is 11.8. The van der Waals surface area contributed by atoms with Gasteiger partial charge < -0.3 is 5.32 Å². The third-order valence-electron chi connectivity index (χ3n) is 3.24. The van der Waals surface area contributed by atoms with E-state index in [4.69, 9.17) is 0 Å². The molecule has 3 rings (SSSR count). The lowest BCUT2D eigenvalue weighted by molar-refractivity contribution is 0.262. The topological polar surface area (TPSA) is 71.8 Å². The molecule has 6 nitrogen and oxygen atoms in total. The molecule has 0 spiro atoms. The number of rotatable bonds is 2. The van der Waals surface area contributed by atoms with Crippen LogP contribution in [0, 0.1) is 6.92 Å². The lowest BCUT2D eigenvalue weighted by Crippen LogP contribution is -2.20. The van der Waals surface area contributed by atoms with Crippen LogP contribution in [-0.4, -0.2) is 20.8 Å². The molecular weight excluding hydrogens is 266 g/mol. The first-order chi connectivity index (χ1) is 10.1. The minimum absolute atomic E-state index is 0.341. The van der Waals surface area contributed by atoms with Crippen LogP contribution in [0.1, 0.15) is 5.69 Å². The second-order valence-corrected chi connectivity index (χ2v) is 4.75. The van der Waals surface area contributed by atoms with Gasteiger partial charge in [-0.25, -0.2) is 4.79 Å². The standard InChI is InChI=1S/C15H15N5O/c1-10-9-13(19-20(10)2)18-15(21)17-12-7-3-5-11-6-4-8-16-14(11)12/h3-9H,1-2H3,(H2,17,18,19,21). The Balaban J connectivity index is 1.80. The summed E-state index contributed by atoms with van der Waals surface area (Å²) in [6, 6.07) is 10.9. The second-order valence-electron chi connectivity index (χ2n) is 4.75. The maximum Gasteiger partial charge on any atom is 0.324 e. The van der Waals surface area contributed by atoms with Gasteiger partial charge in [0.15, 0.2) is 5.82 Å². The number of para-hydroxylation sites is 1. The predicted molar refractivity (Wildman–Crippen MR) is 82.3 cm³/mol. The van der Waals surface area contributed by atoms with Gasteiger partial charge in [-0.15, -0.1) is 0 Å². The van der Waals surface area contributed by atoms with E-state index in [1.54, 1.807) is 16.9 Å². The summed E-state index contributed by atoms with van der Waals surface area (Å²) in [6.45, 7) is 1.92. The first-order valence-electron chi connectivity index (χ1n) is 6.56. The van der Waals surface area contributed by atoms with Crippen LogP contribution < -0.4 is 10.6 Å². The molecule has 0 unspecified atom stereocenters. The van der Waals surface area contributed by atoms with Crippen molar-refractivity contribution in [3.8, 4) is 0 Å². The van der Waals surface area contributed by atoms with E-state index in [9.17, 15) is 4.79 Å². The molecule has 2 amide bonds. The fraction of sp³-hybridized carbons (Fsp3) is 0.133. The van der Waals surface area contributed by atoms with Gasteiger partial charge in [0.1, 0.15) is 0 Å². The minimum atomic E-state index is -0.341. The number of amides is 2. The molecule has 0 aliphatic heterocycles. The quantitative estimate of drug-likeness (QED) is 0.758. The number of hydrogen-bond donors (Lipinski definition) is 2. The van der Waals surface area contributed by atoms with Crippen molar-refractivity contribution in [1.29, 1.82) is 0 Å². The highest BCUT2D eigenvalue weighted by Gasteiger charge is 2.08. The van der Waals surface area contributed by atoms with Crippen molar-refractivity contribution in [2.45, 2.75) is 6.92 Å². The largest absolute Gasteiger partial charge is 0.324 e. The molecule has 2 N–H and O–H groups in total. The van der Waals surface area contributed by atoms with E-state index in [-0.39, 0.29) is 6.03 Å². The molecule has 0 saturated heterocycles. The summed E-state index contributed by atoms with van der Waals surface area (Å²) in [5, 5.41) is 10.7. The van der Waals surface area contributed by atoms with Gasteiger partial charge in [-0.1, -0.05) is 18.2 Å². The van der Waals surface area contributed by atoms with Gasteiger partial charge in [0.25, 0.3) is 0 Å². The number of nitrogens with one attached hydrogen (secondary N) is 2. The van der Waals surface area contributed by atoms with E-state index < -0.39 is 0 Å². The summed E-state index contributed by atoms with van der Waals surface area (Å²) in [7, 11) is 1.83. The summed E-state index contributed by atoms with van der Waals surface area (Å²) in [5.41, 5.74) is 2.39. The van der Waals surface area contributed by atoms with Crippen molar-refractivity contribution in [2.75, 3.05) is 10.6 Å². The van der Waals surface area contributed by atoms with Gasteiger partial charge >= 0.3 is 6.03 Å². The summed E-state index contributed by atoms with van der Waals surface area (Å²) in [4.78, 5) is 16.3. The molecule has 0 saturated carbocycles. The van der Waals surface area contributed by atoms with Crippen LogP contribution in [-0.2, 0) is 7.05 Å². The Kier molecular flexibility index (Phi) is 3.27. The molecule has 0 aliphatic carbocycles. The van der Waals surface area contributed by atoms with Crippen LogP contribution in [0.5, 0.6) is 0 Å². The molecule has 3 aromatic rings. The van der Waals surface area contributed by atoms with E-state index in [2.05, 4.69) is 20.7 Å². The van der Waals surface area contributed by atoms with Gasteiger partial charge in [0, 0.05) is 30.4 Å². The Morgan fingerprint density at radius 2 is 2.00 bits per heavy atom. The van der Waals surface area contributed by atoms with Crippen molar-refractivity contribution < 1.29 is 4.79 Å². The van der Waals surface area contributed by atoms with Crippen molar-refractivity contribution in [3.63, 3.8) is 0 Å². The first-order valence-corrected chi connectivity index (χ1v) is 6.56. The Hall–Kier alpha value is -2.89. The molecule has 106 valence electrons. The van der Waals surface area contributed by atoms with Crippen molar-refractivity contribution >= 4 is 28.4 Å². The highest BCUT2D eigenvalue weighted by atomic mass is 16.2. The number of pyridine rings is 1. The third-order valence-corrected chi connectivity index (χ3v) is 3.24. The van der Waals surface area contributed by atoms with Gasteiger partial charge in [0.2, 0.25) is 0 Å². The van der Waals surface area contributed by atoms with E-state index >= 15 is 0 Å². The monoisotopic (exact) mass is 281 g/mol. The Labute approximate surface area is 121 Å². The number of carbonyl (C=O) groups is 1. The fourth-order valence-corrected chi connectivity index (χ4v) is 2.10. The van der Waals surface area contributed by atoms with Gasteiger partial charge in [0.05, 0.1) is 11.2 Å². The molecule has 6 heteroatoms. The average molecular weight is 281 g/mol. The van der Waals surface area contributed by atoms with E-state index in [0.29, 0.717) is 11.5 Å². The lowest BCUT2D eigenvalue weighted by Gasteiger charge is -2.08. The number of anilines is 2. The molecular formula is C15H15N5O. The van der Waals surface area contributed by atoms with Gasteiger partial charge in [-0.3, -0.25) is 15.0 Å². The number of carbonyl (C=O) groups excluding carboxylic acids is 1. The zero-order valence-electron chi connectivity index (χ0n) is 11.8. The fourth-order valence-electron chi connectivity index (χ4n) is 2.10. The Morgan fingerprint density at radius 3 is 2.76 bits per heavy atom. The average Bonchev–Trinajstić information content (AvgIpc) is 2.77. The van der Waals surface area contributed by atoms with Crippen molar-refractivity contribution in [2.24, 2.45) is 7.05 Å². The van der Waals surface area contributed by atoms with Crippen LogP contribution in [0.25, 0.3) is 10.9 Å². The van der Waals surface area contributed by atoms with Crippen molar-refractivity contribution in [1.82, 2.24) is 14.8 Å². The molecule has 0 atom stereocenters. The molecule has 0 aliphatic rings. The van der Waals surface area contributed by atoms with Crippen LogP contribution in [0.2, 0.25) is 0 Å². The van der Waals surface area contributed by atoms with E-state index in [1.807, 2.05) is 44.3 Å². The predicted octanol–water partition coefficient (Wildman–Crippen LogP) is 2.92. The number of aromatic nitrogens is 3. The van der Waals surface area contributed by atoms with E-state index in [1.165, 1.54) is 0 Å². The second kappa shape index (κ2) is 5.24. The van der Waals surface area contributed by atoms with Gasteiger partial charge in [-0.05, 0) is 19.1 Å². The Morgan fingerprint density at radius 1 is 1.19 bits per heavy atom. The zero-order chi connectivity index (χ0) is 14.8. The molecule has 2 aromatic heterocycles. The highest BCUT2D eigenvalue weighted by molar-refractivity contribution is 6.04. The number of aryl methyl sites for hydroxylation is 2. The van der Waals surface area contributed by atoms with Crippen LogP contribution in [0.3, 0.4) is 0 Å².